The number of hydrogen-bond donors (Lipinski definition) is 2. The smallest absolute Gasteiger partial charge is 0.413 e. The molecule has 14 nitrogen and oxygen atoms in total. The fraction of sp³-hybridized carbons (Fsp3) is 0.238. The number of aromatic nitrogens is 2. The number of benzene rings is 4. The maximum absolute atomic E-state index is 12.9. The van der Waals surface area contributed by atoms with Crippen LogP contribution in [-0.2, 0) is 35.1 Å². The second-order valence-corrected chi connectivity index (χ2v) is 12.9. The van der Waals surface area contributed by atoms with Gasteiger partial charge in [-0.2, -0.15) is 4.98 Å². The quantitative estimate of drug-likeness (QED) is 0.133. The Kier molecular flexibility index (Phi) is 12.8. The first-order valence-corrected chi connectivity index (χ1v) is 17.9. The van der Waals surface area contributed by atoms with E-state index < -0.39 is 35.9 Å². The molecule has 56 heavy (non-hydrogen) atoms. The number of nitrogens with zero attached hydrogens (tertiary/aromatic N) is 3. The fourth-order valence-corrected chi connectivity index (χ4v) is 6.68. The minimum atomic E-state index is -0.797. The maximum atomic E-state index is 12.9. The number of anilines is 1. The number of nitrogens with one attached hydrogen (secondary N) is 1. The number of amides is 3. The van der Waals surface area contributed by atoms with Crippen LogP contribution < -0.4 is 16.7 Å². The minimum absolute atomic E-state index is 0.0285. The highest BCUT2D eigenvalue weighted by atomic mass is 16.6. The number of esters is 1. The third-order valence-corrected chi connectivity index (χ3v) is 9.39. The fourth-order valence-electron chi connectivity index (χ4n) is 6.68. The molecule has 1 unspecified atom stereocenters. The van der Waals surface area contributed by atoms with Crippen LogP contribution in [0.3, 0.4) is 0 Å². The zero-order valence-corrected chi connectivity index (χ0v) is 30.6. The molecule has 0 saturated carbocycles. The number of nitrogens with two attached hydrogens (primary N) is 1. The largest absolute Gasteiger partial charge is 0.468 e. The lowest BCUT2D eigenvalue weighted by atomic mass is 9.98. The van der Waals surface area contributed by atoms with Crippen LogP contribution in [0, 0.1) is 0 Å². The van der Waals surface area contributed by atoms with Crippen LogP contribution in [0.4, 0.5) is 15.4 Å². The van der Waals surface area contributed by atoms with Crippen molar-refractivity contribution < 1.29 is 38.1 Å². The molecular weight excluding hydrogens is 718 g/mol. The molecule has 1 saturated heterocycles. The van der Waals surface area contributed by atoms with E-state index in [2.05, 4.69) is 34.6 Å². The molecule has 1 atom stereocenters. The molecule has 0 spiro atoms. The predicted molar refractivity (Wildman–Crippen MR) is 206 cm³/mol. The number of carbonyl (C=O) groups is 4. The summed E-state index contributed by atoms with van der Waals surface area (Å²) < 4.78 is 21.8. The number of rotatable bonds is 11. The number of fused-ring (bicyclic) bond motifs is 3. The van der Waals surface area contributed by atoms with Crippen molar-refractivity contribution in [1.29, 1.82) is 0 Å². The normalized spacial score (nSPS) is 14.1. The summed E-state index contributed by atoms with van der Waals surface area (Å²) in [6.07, 6.45) is -0.272. The molecule has 14 heteroatoms. The Hall–Kier alpha value is -6.80. The Bertz CT molecular complexity index is 2120. The molecule has 3 N–H and O–H groups in total. The van der Waals surface area contributed by atoms with E-state index in [-0.39, 0.29) is 30.9 Å². The molecule has 0 radical (unpaired) electrons. The van der Waals surface area contributed by atoms with Crippen molar-refractivity contribution in [2.24, 2.45) is 5.73 Å². The molecule has 1 aliphatic heterocycles. The standard InChI is InChI=1S/C27H28N4O7.C15H13NO2/c1-36-24(33)17-31(21-13-15-37-18-21)23(32)16-30-14-12-22(28-26(30)34)29-27(35)38-25(19-8-4-2-5-9-19)20-10-6-3-7-11-20;16-15(17)18-9-14-12-7-3-1-5-10(12)11-6-2-4-8-13(11)14/h2-12,14,21,25H,13,15-18H2,1H3,(H,28,29,34,35);1-8,14H,9H2,(H2,16,17). The highest BCUT2D eigenvalue weighted by molar-refractivity contribution is 5.84. The molecule has 2 heterocycles. The first-order chi connectivity index (χ1) is 27.2. The van der Waals surface area contributed by atoms with Crippen LogP contribution in [0.2, 0.25) is 0 Å². The summed E-state index contributed by atoms with van der Waals surface area (Å²) >= 11 is 0. The number of ether oxygens (including phenoxy) is 4. The monoisotopic (exact) mass is 759 g/mol. The number of carbonyl (C=O) groups excluding carboxylic acids is 4. The Morgan fingerprint density at radius 3 is 2.00 bits per heavy atom. The van der Waals surface area contributed by atoms with Gasteiger partial charge < -0.3 is 29.6 Å². The van der Waals surface area contributed by atoms with E-state index in [0.717, 1.165) is 15.7 Å². The van der Waals surface area contributed by atoms with Crippen LogP contribution in [0.5, 0.6) is 0 Å². The highest BCUT2D eigenvalue weighted by Gasteiger charge is 2.30. The molecule has 3 amide bonds. The molecule has 1 fully saturated rings. The topological polar surface area (TPSA) is 181 Å². The van der Waals surface area contributed by atoms with Crippen molar-refractivity contribution >= 4 is 29.9 Å². The van der Waals surface area contributed by atoms with Gasteiger partial charge in [0, 0.05) is 18.7 Å². The second kappa shape index (κ2) is 18.5. The van der Waals surface area contributed by atoms with Crippen LogP contribution >= 0.6 is 0 Å². The lowest BCUT2D eigenvalue weighted by molar-refractivity contribution is -0.148. The van der Waals surface area contributed by atoms with Gasteiger partial charge in [-0.05, 0) is 45.9 Å². The molecule has 4 aromatic carbocycles. The van der Waals surface area contributed by atoms with Gasteiger partial charge in [-0.15, -0.1) is 0 Å². The molecule has 2 aliphatic rings. The van der Waals surface area contributed by atoms with Crippen molar-refractivity contribution in [2.45, 2.75) is 31.0 Å². The summed E-state index contributed by atoms with van der Waals surface area (Å²) in [5.41, 5.74) is 10.7. The Morgan fingerprint density at radius 1 is 0.875 bits per heavy atom. The van der Waals surface area contributed by atoms with Crippen molar-refractivity contribution in [3.63, 3.8) is 0 Å². The number of methoxy groups -OCH3 is 1. The summed E-state index contributed by atoms with van der Waals surface area (Å²) in [6.45, 7) is 0.481. The SMILES string of the molecule is COC(=O)CN(C(=O)Cn1ccc(NC(=O)OC(c2ccccc2)c2ccccc2)nc1=O)C1CCOC1.NC(=O)OCC1c2ccccc2-c2ccccc21. The van der Waals surface area contributed by atoms with Crippen LogP contribution in [0.25, 0.3) is 11.1 Å². The molecule has 5 aromatic rings. The molecular formula is C42H41N5O9. The minimum Gasteiger partial charge on any atom is -0.468 e. The summed E-state index contributed by atoms with van der Waals surface area (Å²) in [5, 5.41) is 2.48. The summed E-state index contributed by atoms with van der Waals surface area (Å²) in [6, 6.07) is 36.0. The van der Waals surface area contributed by atoms with E-state index >= 15 is 0 Å². The van der Waals surface area contributed by atoms with Gasteiger partial charge in [0.1, 0.15) is 25.5 Å². The molecule has 0 bridgehead atoms. The van der Waals surface area contributed by atoms with Crippen molar-refractivity contribution in [2.75, 3.05) is 38.8 Å². The van der Waals surface area contributed by atoms with Gasteiger partial charge in [-0.1, -0.05) is 109 Å². The van der Waals surface area contributed by atoms with Gasteiger partial charge in [0.25, 0.3) is 0 Å². The first kappa shape index (κ1) is 38.9. The van der Waals surface area contributed by atoms with Crippen molar-refractivity contribution in [3.05, 3.63) is 154 Å². The average Bonchev–Trinajstić information content (AvgIpc) is 3.87. The molecule has 288 valence electrons. The van der Waals surface area contributed by atoms with E-state index in [1.165, 1.54) is 46.5 Å². The third kappa shape index (κ3) is 9.65. The molecule has 7 rings (SSSR count). The Balaban J connectivity index is 0.000000244. The second-order valence-electron chi connectivity index (χ2n) is 12.9. The van der Waals surface area contributed by atoms with Gasteiger partial charge in [-0.25, -0.2) is 14.4 Å². The number of primary amides is 1. The summed E-state index contributed by atoms with van der Waals surface area (Å²) in [5.74, 6) is -0.967. The van der Waals surface area contributed by atoms with Crippen LogP contribution in [0.1, 0.15) is 40.7 Å². The lowest BCUT2D eigenvalue weighted by Gasteiger charge is -2.27. The van der Waals surface area contributed by atoms with E-state index in [4.69, 9.17) is 24.7 Å². The van der Waals surface area contributed by atoms with Crippen LogP contribution in [-0.4, -0.2) is 78.0 Å². The van der Waals surface area contributed by atoms with Crippen molar-refractivity contribution in [3.8, 4) is 11.1 Å². The number of hydrogen-bond acceptors (Lipinski definition) is 10. The summed E-state index contributed by atoms with van der Waals surface area (Å²) in [7, 11) is 1.24. The molecule has 1 aliphatic carbocycles. The van der Waals surface area contributed by atoms with Gasteiger partial charge in [0.2, 0.25) is 5.91 Å². The van der Waals surface area contributed by atoms with E-state index in [1.54, 1.807) is 0 Å². The van der Waals surface area contributed by atoms with Crippen molar-refractivity contribution in [1.82, 2.24) is 14.5 Å². The Morgan fingerprint density at radius 2 is 1.46 bits per heavy atom. The van der Waals surface area contributed by atoms with Crippen LogP contribution in [0.15, 0.2) is 126 Å². The van der Waals surface area contributed by atoms with E-state index in [0.29, 0.717) is 26.2 Å². The van der Waals surface area contributed by atoms with Gasteiger partial charge in [-0.3, -0.25) is 19.5 Å². The van der Waals surface area contributed by atoms with E-state index in [1.807, 2.05) is 84.9 Å². The molecule has 1 aromatic heterocycles. The lowest BCUT2D eigenvalue weighted by Crippen LogP contribution is -2.46. The maximum Gasteiger partial charge on any atom is 0.413 e. The highest BCUT2D eigenvalue weighted by Crippen LogP contribution is 2.44. The summed E-state index contributed by atoms with van der Waals surface area (Å²) in [4.78, 5) is 66.1. The first-order valence-electron chi connectivity index (χ1n) is 17.9. The van der Waals surface area contributed by atoms with Gasteiger partial charge >= 0.3 is 23.8 Å². The predicted octanol–water partition coefficient (Wildman–Crippen LogP) is 5.27. The van der Waals surface area contributed by atoms with Gasteiger partial charge in [0.15, 0.2) is 6.10 Å². The average molecular weight is 760 g/mol. The van der Waals surface area contributed by atoms with E-state index in [9.17, 15) is 24.0 Å². The zero-order chi connectivity index (χ0) is 39.4. The van der Waals surface area contributed by atoms with Gasteiger partial charge in [0.05, 0.1) is 19.8 Å². The Labute approximate surface area is 322 Å². The zero-order valence-electron chi connectivity index (χ0n) is 30.6. The third-order valence-electron chi connectivity index (χ3n) is 9.39.